The highest BCUT2D eigenvalue weighted by Gasteiger charge is 2.53. The van der Waals surface area contributed by atoms with E-state index in [2.05, 4.69) is 15.1 Å². The van der Waals surface area contributed by atoms with Crippen LogP contribution in [0.15, 0.2) is 53.7 Å². The van der Waals surface area contributed by atoms with Gasteiger partial charge in [-0.15, -0.1) is 5.10 Å². The lowest BCUT2D eigenvalue weighted by molar-refractivity contribution is 0.497. The standard InChI is InChI=1S/C24H21F3N6OS/c1-15-2-4-17(5-3-15)35(34)33-21-19(27)7-6-18(26)20(21)22(30-33)32-11-10-31(14-24(32)8-9-24)23-28-12-16(25)13-29-23/h2-7,12-13H,8-11,14H2,1H3. The lowest BCUT2D eigenvalue weighted by atomic mass is 10.1. The molecule has 7 nitrogen and oxygen atoms in total. The van der Waals surface area contributed by atoms with Gasteiger partial charge < -0.3 is 9.80 Å². The molecule has 2 fully saturated rings. The van der Waals surface area contributed by atoms with E-state index in [9.17, 15) is 8.60 Å². The predicted molar refractivity (Wildman–Crippen MR) is 126 cm³/mol. The van der Waals surface area contributed by atoms with Crippen LogP contribution in [0.1, 0.15) is 18.4 Å². The lowest BCUT2D eigenvalue weighted by Gasteiger charge is -2.42. The minimum atomic E-state index is -1.87. The Hall–Kier alpha value is -3.47. The summed E-state index contributed by atoms with van der Waals surface area (Å²) in [5, 5.41) is 4.56. The highest BCUT2D eigenvalue weighted by atomic mass is 32.2. The van der Waals surface area contributed by atoms with Gasteiger partial charge in [-0.3, -0.25) is 0 Å². The van der Waals surface area contributed by atoms with Crippen molar-refractivity contribution in [2.24, 2.45) is 0 Å². The van der Waals surface area contributed by atoms with E-state index in [-0.39, 0.29) is 22.3 Å². The summed E-state index contributed by atoms with van der Waals surface area (Å²) in [5.41, 5.74) is 0.498. The summed E-state index contributed by atoms with van der Waals surface area (Å²) >= 11 is 0. The number of piperazine rings is 1. The van der Waals surface area contributed by atoms with Crippen LogP contribution in [0.4, 0.5) is 24.9 Å². The fraction of sp³-hybridized carbons (Fsp3) is 0.292. The molecule has 1 aliphatic heterocycles. The normalized spacial score (nSPS) is 17.8. The molecule has 3 heterocycles. The van der Waals surface area contributed by atoms with Crippen LogP contribution < -0.4 is 9.80 Å². The SMILES string of the molecule is Cc1ccc(S(=O)n2nc(N3CCN(c4ncc(F)cn4)CC34CC4)c3c(F)ccc(F)c32)cc1. The second-order valence-corrected chi connectivity index (χ2v) is 10.3. The maximum Gasteiger partial charge on any atom is 0.225 e. The first kappa shape index (κ1) is 22.0. The maximum atomic E-state index is 15.2. The summed E-state index contributed by atoms with van der Waals surface area (Å²) in [7, 11) is -1.87. The zero-order valence-corrected chi connectivity index (χ0v) is 19.6. The molecule has 0 radical (unpaired) electrons. The Kier molecular flexibility index (Phi) is 5.06. The molecule has 11 heteroatoms. The van der Waals surface area contributed by atoms with Crippen LogP contribution >= 0.6 is 0 Å². The predicted octanol–water partition coefficient (Wildman–Crippen LogP) is 3.98. The molecular formula is C24H21F3N6OS. The summed E-state index contributed by atoms with van der Waals surface area (Å²) in [6.45, 7) is 3.37. The Morgan fingerprint density at radius 2 is 1.63 bits per heavy atom. The number of fused-ring (bicyclic) bond motifs is 1. The van der Waals surface area contributed by atoms with E-state index >= 15 is 8.78 Å². The monoisotopic (exact) mass is 498 g/mol. The Labute approximate surface area is 201 Å². The number of aryl methyl sites for hydroxylation is 1. The first-order chi connectivity index (χ1) is 16.9. The third-order valence-electron chi connectivity index (χ3n) is 6.68. The van der Waals surface area contributed by atoms with Crippen molar-refractivity contribution in [1.29, 1.82) is 0 Å². The van der Waals surface area contributed by atoms with Gasteiger partial charge in [0.05, 0.1) is 28.2 Å². The van der Waals surface area contributed by atoms with Crippen LogP contribution in [0.25, 0.3) is 10.9 Å². The van der Waals surface area contributed by atoms with Crippen molar-refractivity contribution in [1.82, 2.24) is 19.2 Å². The summed E-state index contributed by atoms with van der Waals surface area (Å²) in [4.78, 5) is 12.6. The Bertz CT molecular complexity index is 1450. The van der Waals surface area contributed by atoms with Gasteiger partial charge in [0.2, 0.25) is 5.95 Å². The van der Waals surface area contributed by atoms with Gasteiger partial charge in [-0.1, -0.05) is 17.7 Å². The smallest absolute Gasteiger partial charge is 0.225 e. The third-order valence-corrected chi connectivity index (χ3v) is 7.94. The zero-order chi connectivity index (χ0) is 24.3. The van der Waals surface area contributed by atoms with Gasteiger partial charge >= 0.3 is 0 Å². The molecule has 1 unspecified atom stereocenters. The molecule has 2 aliphatic rings. The van der Waals surface area contributed by atoms with Crippen molar-refractivity contribution < 1.29 is 17.4 Å². The molecule has 1 saturated carbocycles. The second-order valence-electron chi connectivity index (χ2n) is 9.01. The number of rotatable bonds is 4. The zero-order valence-electron chi connectivity index (χ0n) is 18.8. The number of nitrogens with zero attached hydrogens (tertiary/aromatic N) is 6. The number of anilines is 2. The highest BCUT2D eigenvalue weighted by molar-refractivity contribution is 7.83. The number of aromatic nitrogens is 4. The van der Waals surface area contributed by atoms with E-state index in [1.807, 2.05) is 28.9 Å². The minimum absolute atomic E-state index is 0.0169. The first-order valence-corrected chi connectivity index (χ1v) is 12.3. The highest BCUT2D eigenvalue weighted by Crippen LogP contribution is 2.48. The van der Waals surface area contributed by atoms with Gasteiger partial charge in [0.25, 0.3) is 0 Å². The minimum Gasteiger partial charge on any atom is -0.345 e. The van der Waals surface area contributed by atoms with Gasteiger partial charge in [0, 0.05) is 19.6 Å². The van der Waals surface area contributed by atoms with E-state index in [0.29, 0.717) is 30.5 Å². The Morgan fingerprint density at radius 1 is 0.943 bits per heavy atom. The van der Waals surface area contributed by atoms with Crippen molar-refractivity contribution in [2.45, 2.75) is 30.2 Å². The van der Waals surface area contributed by atoms with Crippen LogP contribution in [-0.4, -0.2) is 48.5 Å². The van der Waals surface area contributed by atoms with E-state index in [4.69, 9.17) is 0 Å². The van der Waals surface area contributed by atoms with Gasteiger partial charge in [-0.25, -0.2) is 27.3 Å². The molecule has 1 saturated heterocycles. The van der Waals surface area contributed by atoms with Crippen molar-refractivity contribution in [3.63, 3.8) is 0 Å². The van der Waals surface area contributed by atoms with E-state index in [1.54, 1.807) is 12.1 Å². The number of hydrogen-bond acceptors (Lipinski definition) is 6. The van der Waals surface area contributed by atoms with Gasteiger partial charge in [-0.05, 0) is 44.0 Å². The molecule has 1 spiro atoms. The molecule has 1 aliphatic carbocycles. The molecule has 2 aromatic carbocycles. The Balaban J connectivity index is 1.42. The van der Waals surface area contributed by atoms with Crippen molar-refractivity contribution >= 4 is 33.7 Å². The quantitative estimate of drug-likeness (QED) is 0.424. The van der Waals surface area contributed by atoms with Crippen LogP contribution in [0.5, 0.6) is 0 Å². The second kappa shape index (κ2) is 8.04. The fourth-order valence-corrected chi connectivity index (χ4v) is 5.77. The summed E-state index contributed by atoms with van der Waals surface area (Å²) in [6.07, 6.45) is 3.89. The van der Waals surface area contributed by atoms with E-state index in [0.717, 1.165) is 47.0 Å². The van der Waals surface area contributed by atoms with Crippen LogP contribution in [0.2, 0.25) is 0 Å². The molecule has 2 aromatic heterocycles. The topological polar surface area (TPSA) is 67.2 Å². The van der Waals surface area contributed by atoms with E-state index < -0.39 is 28.4 Å². The summed E-state index contributed by atoms with van der Waals surface area (Å²) < 4.78 is 58.0. The average molecular weight is 499 g/mol. The van der Waals surface area contributed by atoms with Crippen LogP contribution in [0, 0.1) is 24.4 Å². The average Bonchev–Trinajstić information content (AvgIpc) is 3.49. The maximum absolute atomic E-state index is 15.2. The van der Waals surface area contributed by atoms with Crippen molar-refractivity contribution in [3.05, 3.63) is 71.8 Å². The molecule has 0 N–H and O–H groups in total. The van der Waals surface area contributed by atoms with Gasteiger partial charge in [-0.2, -0.15) is 4.09 Å². The molecular weight excluding hydrogens is 477 g/mol. The summed E-state index contributed by atoms with van der Waals surface area (Å²) in [5.74, 6) is -1.13. The summed E-state index contributed by atoms with van der Waals surface area (Å²) in [6, 6.07) is 9.12. The Morgan fingerprint density at radius 3 is 2.31 bits per heavy atom. The molecule has 1 atom stereocenters. The van der Waals surface area contributed by atoms with Crippen LogP contribution in [-0.2, 0) is 11.0 Å². The fourth-order valence-electron chi connectivity index (χ4n) is 4.71. The number of hydrogen-bond donors (Lipinski definition) is 0. The molecule has 180 valence electrons. The van der Waals surface area contributed by atoms with Crippen LogP contribution in [0.3, 0.4) is 0 Å². The molecule has 4 aromatic rings. The molecule has 6 rings (SSSR count). The van der Waals surface area contributed by atoms with Gasteiger partial charge in [0.1, 0.15) is 11.3 Å². The molecule has 35 heavy (non-hydrogen) atoms. The first-order valence-electron chi connectivity index (χ1n) is 11.2. The number of halogens is 3. The lowest BCUT2D eigenvalue weighted by Crippen LogP contribution is -2.56. The third kappa shape index (κ3) is 3.65. The van der Waals surface area contributed by atoms with Crippen molar-refractivity contribution in [2.75, 3.05) is 29.4 Å². The molecule has 0 amide bonds. The van der Waals surface area contributed by atoms with E-state index in [1.165, 1.54) is 0 Å². The molecule has 0 bridgehead atoms. The van der Waals surface area contributed by atoms with Gasteiger partial charge in [0.15, 0.2) is 28.4 Å². The largest absolute Gasteiger partial charge is 0.345 e. The number of benzene rings is 2. The van der Waals surface area contributed by atoms with Crippen molar-refractivity contribution in [3.8, 4) is 0 Å².